The largest absolute Gasteiger partial charge is 0.466 e. The Kier molecular flexibility index (Phi) is 7.12. The summed E-state index contributed by atoms with van der Waals surface area (Å²) in [7, 11) is 0. The van der Waals surface area contributed by atoms with E-state index in [1.165, 1.54) is 0 Å². The van der Waals surface area contributed by atoms with Gasteiger partial charge in [-0.1, -0.05) is 30.3 Å². The summed E-state index contributed by atoms with van der Waals surface area (Å²) < 4.78 is 16.9. The lowest BCUT2D eigenvalue weighted by atomic mass is 9.95. The third-order valence-corrected chi connectivity index (χ3v) is 4.75. The quantitative estimate of drug-likeness (QED) is 0.466. The Morgan fingerprint density at radius 2 is 1.83 bits per heavy atom. The number of benzene rings is 2. The summed E-state index contributed by atoms with van der Waals surface area (Å²) in [4.78, 5) is 12.3. The maximum atomic E-state index is 12.3. The van der Waals surface area contributed by atoms with Crippen molar-refractivity contribution >= 4 is 17.3 Å². The van der Waals surface area contributed by atoms with Crippen molar-refractivity contribution in [3.8, 4) is 0 Å². The molecule has 29 heavy (non-hydrogen) atoms. The van der Waals surface area contributed by atoms with Crippen LogP contribution in [0.1, 0.15) is 32.8 Å². The highest BCUT2D eigenvalue weighted by Gasteiger charge is 2.40. The monoisotopic (exact) mass is 396 g/mol. The average molecular weight is 396 g/mol. The highest BCUT2D eigenvalue weighted by molar-refractivity contribution is 5.73. The number of carbonyl (C=O) groups excluding carboxylic acids is 1. The van der Waals surface area contributed by atoms with Gasteiger partial charge in [-0.2, -0.15) is 10.2 Å². The van der Waals surface area contributed by atoms with Gasteiger partial charge in [0.2, 0.25) is 0 Å². The fourth-order valence-corrected chi connectivity index (χ4v) is 3.30. The molecule has 0 spiro atoms. The van der Waals surface area contributed by atoms with Crippen LogP contribution in [0.2, 0.25) is 0 Å². The van der Waals surface area contributed by atoms with Gasteiger partial charge in [0.25, 0.3) is 0 Å². The third kappa shape index (κ3) is 6.21. The van der Waals surface area contributed by atoms with Crippen LogP contribution < -0.4 is 0 Å². The molecule has 1 saturated heterocycles. The van der Waals surface area contributed by atoms with Gasteiger partial charge < -0.3 is 14.2 Å². The van der Waals surface area contributed by atoms with E-state index in [1.54, 1.807) is 6.92 Å². The van der Waals surface area contributed by atoms with Gasteiger partial charge in [-0.25, -0.2) is 0 Å². The molecule has 0 N–H and O–H groups in total. The normalized spacial score (nSPS) is 21.2. The lowest BCUT2D eigenvalue weighted by molar-refractivity contribution is -0.292. The molecule has 6 heteroatoms. The molecule has 3 rings (SSSR count). The Bertz CT molecular complexity index is 836. The third-order valence-electron chi connectivity index (χ3n) is 4.75. The molecule has 2 atom stereocenters. The van der Waals surface area contributed by atoms with E-state index in [-0.39, 0.29) is 12.1 Å². The predicted octanol–water partition coefficient (Wildman–Crippen LogP) is 5.37. The van der Waals surface area contributed by atoms with Gasteiger partial charge in [-0.15, -0.1) is 0 Å². The molecular formula is C23H28N2O4. The van der Waals surface area contributed by atoms with E-state index in [1.807, 2.05) is 68.4 Å². The number of aryl methyl sites for hydroxylation is 1. The molecule has 154 valence electrons. The zero-order valence-corrected chi connectivity index (χ0v) is 17.2. The van der Waals surface area contributed by atoms with Gasteiger partial charge in [0.05, 0.1) is 30.7 Å². The lowest BCUT2D eigenvalue weighted by Crippen LogP contribution is -2.49. The van der Waals surface area contributed by atoms with E-state index in [2.05, 4.69) is 10.2 Å². The second-order valence-electron chi connectivity index (χ2n) is 7.47. The van der Waals surface area contributed by atoms with Crippen LogP contribution in [0.3, 0.4) is 0 Å². The smallest absolute Gasteiger partial charge is 0.313 e. The molecule has 0 amide bonds. The summed E-state index contributed by atoms with van der Waals surface area (Å²) in [5.41, 5.74) is 2.72. The molecule has 2 aromatic rings. The van der Waals surface area contributed by atoms with E-state index >= 15 is 0 Å². The fourth-order valence-electron chi connectivity index (χ4n) is 3.30. The van der Waals surface area contributed by atoms with E-state index in [9.17, 15) is 4.79 Å². The van der Waals surface area contributed by atoms with Crippen molar-refractivity contribution in [2.45, 2.75) is 45.5 Å². The van der Waals surface area contributed by atoms with Crippen LogP contribution in [0.25, 0.3) is 0 Å². The van der Waals surface area contributed by atoms with Gasteiger partial charge in [0.15, 0.2) is 5.79 Å². The second kappa shape index (κ2) is 9.76. The van der Waals surface area contributed by atoms with Crippen LogP contribution in [0, 0.1) is 5.92 Å². The number of nitrogens with zero attached hydrogens (tertiary/aromatic N) is 2. The fraction of sp³-hybridized carbons (Fsp3) is 0.435. The molecule has 0 radical (unpaired) electrons. The summed E-state index contributed by atoms with van der Waals surface area (Å²) in [6.07, 6.45) is 1.19. The minimum absolute atomic E-state index is 0.257. The zero-order valence-electron chi connectivity index (χ0n) is 17.2. The maximum Gasteiger partial charge on any atom is 0.313 e. The summed E-state index contributed by atoms with van der Waals surface area (Å²) >= 11 is 0. The van der Waals surface area contributed by atoms with Gasteiger partial charge in [-0.05, 0) is 63.4 Å². The van der Waals surface area contributed by atoms with Crippen molar-refractivity contribution < 1.29 is 19.0 Å². The van der Waals surface area contributed by atoms with Crippen molar-refractivity contribution in [3.63, 3.8) is 0 Å². The van der Waals surface area contributed by atoms with E-state index in [0.29, 0.717) is 19.6 Å². The minimum atomic E-state index is -0.709. The summed E-state index contributed by atoms with van der Waals surface area (Å²) in [5.74, 6) is -1.39. The first-order valence-corrected chi connectivity index (χ1v) is 10.0. The van der Waals surface area contributed by atoms with Crippen LogP contribution >= 0.6 is 0 Å². The standard InChI is InChI=1S/C23H28N2O4/c1-4-27-22(26)20-16-28-23(2,3)29-21(20)14-13-17-9-8-12-19(15-17)25-24-18-10-6-5-7-11-18/h5-12,15,20-21H,4,13-14,16H2,1-3H3/t20-,21+/m0/s1. The number of esters is 1. The number of hydrogen-bond donors (Lipinski definition) is 0. The maximum absolute atomic E-state index is 12.3. The van der Waals surface area contributed by atoms with Crippen LogP contribution in [-0.4, -0.2) is 31.1 Å². The highest BCUT2D eigenvalue weighted by atomic mass is 16.7. The van der Waals surface area contributed by atoms with Crippen LogP contribution in [0.5, 0.6) is 0 Å². The van der Waals surface area contributed by atoms with Gasteiger partial charge in [0, 0.05) is 0 Å². The average Bonchev–Trinajstić information content (AvgIpc) is 2.71. The molecule has 1 fully saturated rings. The van der Waals surface area contributed by atoms with Crippen molar-refractivity contribution in [1.29, 1.82) is 0 Å². The summed E-state index contributed by atoms with van der Waals surface area (Å²) in [6.45, 7) is 6.19. The number of rotatable bonds is 7. The van der Waals surface area contributed by atoms with E-state index < -0.39 is 11.7 Å². The summed E-state index contributed by atoms with van der Waals surface area (Å²) in [6, 6.07) is 17.6. The molecule has 1 aliphatic heterocycles. The van der Waals surface area contributed by atoms with E-state index in [0.717, 1.165) is 23.4 Å². The molecule has 0 unspecified atom stereocenters. The molecule has 6 nitrogen and oxygen atoms in total. The van der Waals surface area contributed by atoms with Crippen molar-refractivity contribution in [2.24, 2.45) is 16.1 Å². The molecule has 0 aromatic heterocycles. The van der Waals surface area contributed by atoms with Crippen molar-refractivity contribution in [3.05, 3.63) is 60.2 Å². The van der Waals surface area contributed by atoms with E-state index in [4.69, 9.17) is 14.2 Å². The Balaban J connectivity index is 1.65. The van der Waals surface area contributed by atoms with Gasteiger partial charge in [-0.3, -0.25) is 4.79 Å². The minimum Gasteiger partial charge on any atom is -0.466 e. The summed E-state index contributed by atoms with van der Waals surface area (Å²) in [5, 5.41) is 8.59. The number of azo groups is 1. The van der Waals surface area contributed by atoms with Crippen LogP contribution in [-0.2, 0) is 25.4 Å². The molecule has 1 aliphatic rings. The van der Waals surface area contributed by atoms with Crippen molar-refractivity contribution in [1.82, 2.24) is 0 Å². The molecular weight excluding hydrogens is 368 g/mol. The number of ether oxygens (including phenoxy) is 3. The zero-order chi connectivity index (χ0) is 20.7. The second-order valence-corrected chi connectivity index (χ2v) is 7.47. The van der Waals surface area contributed by atoms with Gasteiger partial charge >= 0.3 is 5.97 Å². The molecule has 2 aromatic carbocycles. The predicted molar refractivity (Wildman–Crippen MR) is 110 cm³/mol. The SMILES string of the molecule is CCOC(=O)[C@H]1COC(C)(C)O[C@@H]1CCc1cccc(N=Nc2ccccc2)c1. The molecule has 0 saturated carbocycles. The first-order valence-electron chi connectivity index (χ1n) is 10.0. The Morgan fingerprint density at radius 1 is 1.10 bits per heavy atom. The van der Waals surface area contributed by atoms with Crippen LogP contribution in [0.4, 0.5) is 11.4 Å². The van der Waals surface area contributed by atoms with Crippen LogP contribution in [0.15, 0.2) is 64.8 Å². The molecule has 0 aliphatic carbocycles. The Morgan fingerprint density at radius 3 is 2.59 bits per heavy atom. The first kappa shape index (κ1) is 21.1. The Labute approximate surface area is 171 Å². The number of carbonyl (C=O) groups is 1. The highest BCUT2D eigenvalue weighted by Crippen LogP contribution is 2.30. The first-order chi connectivity index (χ1) is 14.0. The van der Waals surface area contributed by atoms with Gasteiger partial charge in [0.1, 0.15) is 5.92 Å². The Hall–Kier alpha value is -2.57. The molecule has 0 bridgehead atoms. The number of hydrogen-bond acceptors (Lipinski definition) is 6. The topological polar surface area (TPSA) is 69.5 Å². The lowest BCUT2D eigenvalue weighted by Gasteiger charge is -2.40. The molecule has 1 heterocycles. The van der Waals surface area contributed by atoms with Crippen molar-refractivity contribution in [2.75, 3.05) is 13.2 Å².